The number of carbonyl (C=O) groups is 1. The van der Waals surface area contributed by atoms with Gasteiger partial charge in [0.25, 0.3) is 0 Å². The van der Waals surface area contributed by atoms with Gasteiger partial charge in [-0.05, 0) is 31.6 Å². The molecule has 2 aliphatic rings. The van der Waals surface area contributed by atoms with E-state index in [1.165, 1.54) is 0 Å². The highest BCUT2D eigenvalue weighted by molar-refractivity contribution is 5.82. The molecule has 0 aliphatic carbocycles. The van der Waals surface area contributed by atoms with Gasteiger partial charge in [0.05, 0.1) is 6.54 Å². The third-order valence-corrected chi connectivity index (χ3v) is 5.35. The van der Waals surface area contributed by atoms with Crippen molar-refractivity contribution in [2.45, 2.75) is 38.3 Å². The van der Waals surface area contributed by atoms with E-state index in [1.54, 1.807) is 0 Å². The minimum atomic E-state index is 0.109. The molecule has 2 aromatic rings. The van der Waals surface area contributed by atoms with Crippen LogP contribution in [-0.4, -0.2) is 59.0 Å². The minimum absolute atomic E-state index is 0.109. The number of aromatic nitrogens is 1. The maximum atomic E-state index is 12.5. The normalized spacial score (nSPS) is 24.1. The number of fused-ring (bicyclic) bond motifs is 1. The van der Waals surface area contributed by atoms with Gasteiger partial charge in [-0.3, -0.25) is 9.69 Å². The topological polar surface area (TPSA) is 45.7 Å². The lowest BCUT2D eigenvalue weighted by Gasteiger charge is -2.24. The average molecular weight is 339 g/mol. The van der Waals surface area contributed by atoms with Gasteiger partial charge in [-0.1, -0.05) is 24.3 Å². The quantitative estimate of drug-likeness (QED) is 0.859. The molecule has 0 radical (unpaired) electrons. The predicted molar refractivity (Wildman–Crippen MR) is 97.6 cm³/mol. The summed E-state index contributed by atoms with van der Waals surface area (Å²) in [5.41, 5.74) is 0. The Bertz CT molecular complexity index is 763. The maximum Gasteiger partial charge on any atom is 0.236 e. The van der Waals surface area contributed by atoms with Gasteiger partial charge < -0.3 is 9.64 Å². The molecule has 4 rings (SSSR count). The summed E-state index contributed by atoms with van der Waals surface area (Å²) in [5, 5.41) is 2.26. The summed E-state index contributed by atoms with van der Waals surface area (Å²) in [4.78, 5) is 21.1. The first-order chi connectivity index (χ1) is 12.2. The second-order valence-electron chi connectivity index (χ2n) is 7.21. The van der Waals surface area contributed by atoms with Crippen LogP contribution in [0.3, 0.4) is 0 Å². The van der Waals surface area contributed by atoms with Crippen molar-refractivity contribution in [3.05, 3.63) is 36.5 Å². The van der Waals surface area contributed by atoms with Crippen LogP contribution in [0.25, 0.3) is 10.8 Å². The molecule has 1 aromatic heterocycles. The van der Waals surface area contributed by atoms with Crippen LogP contribution >= 0.6 is 0 Å². The summed E-state index contributed by atoms with van der Waals surface area (Å²) in [6.45, 7) is 5.27. The molecule has 5 heteroatoms. The van der Waals surface area contributed by atoms with E-state index in [4.69, 9.17) is 4.74 Å². The Balaban J connectivity index is 1.33. The Kier molecular flexibility index (Phi) is 4.57. The molecule has 0 unspecified atom stereocenters. The van der Waals surface area contributed by atoms with Gasteiger partial charge in [-0.2, -0.15) is 0 Å². The number of rotatable bonds is 4. The largest absolute Gasteiger partial charge is 0.473 e. The van der Waals surface area contributed by atoms with Crippen LogP contribution < -0.4 is 4.74 Å². The number of ether oxygens (including phenoxy) is 1. The number of amides is 1. The lowest BCUT2D eigenvalue weighted by Crippen LogP contribution is -2.41. The highest BCUT2D eigenvalue weighted by Crippen LogP contribution is 2.22. The number of hydrogen-bond donors (Lipinski definition) is 0. The fourth-order valence-corrected chi connectivity index (χ4v) is 3.92. The van der Waals surface area contributed by atoms with Crippen LogP contribution in [0.4, 0.5) is 0 Å². The second kappa shape index (κ2) is 7.00. The number of benzene rings is 1. The van der Waals surface area contributed by atoms with Crippen molar-refractivity contribution < 1.29 is 9.53 Å². The molecule has 2 atom stereocenters. The molecule has 5 nitrogen and oxygen atoms in total. The summed E-state index contributed by atoms with van der Waals surface area (Å²) in [5.74, 6) is 0.930. The molecule has 0 spiro atoms. The lowest BCUT2D eigenvalue weighted by molar-refractivity contribution is -0.132. The first kappa shape index (κ1) is 16.3. The molecular weight excluding hydrogens is 314 g/mol. The van der Waals surface area contributed by atoms with E-state index in [0.717, 1.165) is 49.7 Å². The van der Waals surface area contributed by atoms with Crippen LogP contribution in [0, 0.1) is 0 Å². The van der Waals surface area contributed by atoms with E-state index in [-0.39, 0.29) is 12.0 Å². The third-order valence-electron chi connectivity index (χ3n) is 5.35. The average Bonchev–Trinajstić information content (AvgIpc) is 3.23. The van der Waals surface area contributed by atoms with Crippen LogP contribution in [0.2, 0.25) is 0 Å². The van der Waals surface area contributed by atoms with Crippen molar-refractivity contribution in [1.82, 2.24) is 14.8 Å². The minimum Gasteiger partial charge on any atom is -0.473 e. The van der Waals surface area contributed by atoms with Gasteiger partial charge in [0.1, 0.15) is 6.10 Å². The standard InChI is InChI=1S/C20H25N3O2/c1-15-5-4-9-23(15)20(24)14-22-10-8-18(13-22)25-19-11-16-6-2-3-7-17(16)12-21-19/h2-3,6-7,11-12,15,18H,4-5,8-10,13-14H2,1H3/t15-,18+/m1/s1. The summed E-state index contributed by atoms with van der Waals surface area (Å²) in [7, 11) is 0. The molecule has 1 aromatic carbocycles. The lowest BCUT2D eigenvalue weighted by atomic mass is 10.2. The molecule has 2 aliphatic heterocycles. The van der Waals surface area contributed by atoms with Gasteiger partial charge in [0.2, 0.25) is 11.8 Å². The zero-order valence-electron chi connectivity index (χ0n) is 14.7. The predicted octanol–water partition coefficient (Wildman–Crippen LogP) is 2.70. The molecule has 25 heavy (non-hydrogen) atoms. The maximum absolute atomic E-state index is 12.5. The molecule has 3 heterocycles. The van der Waals surface area contributed by atoms with Gasteiger partial charge in [-0.25, -0.2) is 4.98 Å². The van der Waals surface area contributed by atoms with Crippen LogP contribution in [0.1, 0.15) is 26.2 Å². The number of hydrogen-bond acceptors (Lipinski definition) is 4. The molecular formula is C20H25N3O2. The van der Waals surface area contributed by atoms with E-state index in [9.17, 15) is 4.79 Å². The smallest absolute Gasteiger partial charge is 0.236 e. The summed E-state index contributed by atoms with van der Waals surface area (Å²) < 4.78 is 6.06. The fourth-order valence-electron chi connectivity index (χ4n) is 3.92. The summed E-state index contributed by atoms with van der Waals surface area (Å²) >= 11 is 0. The van der Waals surface area contributed by atoms with Crippen molar-refractivity contribution in [3.8, 4) is 5.88 Å². The molecule has 1 amide bonds. The van der Waals surface area contributed by atoms with Gasteiger partial charge in [-0.15, -0.1) is 0 Å². The molecule has 132 valence electrons. The van der Waals surface area contributed by atoms with E-state index in [0.29, 0.717) is 18.5 Å². The molecule has 2 saturated heterocycles. The Labute approximate surface area is 148 Å². The zero-order valence-corrected chi connectivity index (χ0v) is 14.7. The van der Waals surface area contributed by atoms with Crippen LogP contribution in [0.15, 0.2) is 36.5 Å². The Morgan fingerprint density at radius 1 is 1.24 bits per heavy atom. The second-order valence-corrected chi connectivity index (χ2v) is 7.21. The fraction of sp³-hybridized carbons (Fsp3) is 0.500. The van der Waals surface area contributed by atoms with Gasteiger partial charge >= 0.3 is 0 Å². The van der Waals surface area contributed by atoms with Crippen molar-refractivity contribution in [2.75, 3.05) is 26.2 Å². The Morgan fingerprint density at radius 3 is 2.88 bits per heavy atom. The first-order valence-electron chi connectivity index (χ1n) is 9.22. The number of nitrogens with zero attached hydrogens (tertiary/aromatic N) is 3. The van der Waals surface area contributed by atoms with E-state index < -0.39 is 0 Å². The van der Waals surface area contributed by atoms with Crippen LogP contribution in [0.5, 0.6) is 5.88 Å². The van der Waals surface area contributed by atoms with Crippen LogP contribution in [-0.2, 0) is 4.79 Å². The van der Waals surface area contributed by atoms with Crippen molar-refractivity contribution >= 4 is 16.7 Å². The SMILES string of the molecule is C[C@@H]1CCCN1C(=O)CN1CC[C@H](Oc2cc3ccccc3cn2)C1. The monoisotopic (exact) mass is 339 g/mol. The zero-order chi connectivity index (χ0) is 17.2. The molecule has 0 saturated carbocycles. The number of likely N-dealkylation sites (tertiary alicyclic amines) is 2. The van der Waals surface area contributed by atoms with Crippen molar-refractivity contribution in [1.29, 1.82) is 0 Å². The van der Waals surface area contributed by atoms with Crippen molar-refractivity contribution in [2.24, 2.45) is 0 Å². The Morgan fingerprint density at radius 2 is 2.08 bits per heavy atom. The number of carbonyl (C=O) groups excluding carboxylic acids is 1. The summed E-state index contributed by atoms with van der Waals surface area (Å²) in [6, 6.07) is 10.5. The molecule has 0 N–H and O–H groups in total. The van der Waals surface area contributed by atoms with Gasteiger partial charge in [0.15, 0.2) is 0 Å². The highest BCUT2D eigenvalue weighted by atomic mass is 16.5. The van der Waals surface area contributed by atoms with Gasteiger partial charge in [0, 0.05) is 43.3 Å². The molecule has 2 fully saturated rings. The van der Waals surface area contributed by atoms with E-state index in [2.05, 4.69) is 22.9 Å². The molecule has 0 bridgehead atoms. The highest BCUT2D eigenvalue weighted by Gasteiger charge is 2.30. The summed E-state index contributed by atoms with van der Waals surface area (Å²) in [6.07, 6.45) is 5.17. The third kappa shape index (κ3) is 3.61. The number of pyridine rings is 1. The van der Waals surface area contributed by atoms with E-state index in [1.807, 2.05) is 35.4 Å². The first-order valence-corrected chi connectivity index (χ1v) is 9.22. The van der Waals surface area contributed by atoms with Crippen molar-refractivity contribution in [3.63, 3.8) is 0 Å². The Hall–Kier alpha value is -2.14. The van der Waals surface area contributed by atoms with E-state index >= 15 is 0 Å².